The summed E-state index contributed by atoms with van der Waals surface area (Å²) in [5.74, 6) is 1.69. The van der Waals surface area contributed by atoms with Crippen LogP contribution in [0.4, 0.5) is 0 Å². The highest BCUT2D eigenvalue weighted by Gasteiger charge is 2.10. The van der Waals surface area contributed by atoms with Crippen LogP contribution < -0.4 is 5.32 Å². The van der Waals surface area contributed by atoms with Crippen LogP contribution in [0.25, 0.3) is 0 Å². The second kappa shape index (κ2) is 9.87. The van der Waals surface area contributed by atoms with Crippen LogP contribution in [0.5, 0.6) is 0 Å². The third kappa shape index (κ3) is 5.37. The monoisotopic (exact) mass is 465 g/mol. The summed E-state index contributed by atoms with van der Waals surface area (Å²) in [6.07, 6.45) is 3.63. The van der Waals surface area contributed by atoms with Gasteiger partial charge in [0.2, 0.25) is 0 Å². The van der Waals surface area contributed by atoms with Crippen molar-refractivity contribution in [3.05, 3.63) is 35.1 Å². The third-order valence-corrected chi connectivity index (χ3v) is 3.78. The van der Waals surface area contributed by atoms with E-state index in [0.29, 0.717) is 6.54 Å². The fourth-order valence-electron chi connectivity index (χ4n) is 2.32. The number of aromatic nitrogens is 4. The molecule has 24 heavy (non-hydrogen) atoms. The zero-order valence-electron chi connectivity index (χ0n) is 14.5. The van der Waals surface area contributed by atoms with Crippen molar-refractivity contribution < 1.29 is 0 Å². The van der Waals surface area contributed by atoms with E-state index in [9.17, 15) is 0 Å². The molecule has 0 unspecified atom stereocenters. The van der Waals surface area contributed by atoms with Gasteiger partial charge in [0.15, 0.2) is 11.8 Å². The first-order chi connectivity index (χ1) is 11.0. The molecule has 2 aromatic heterocycles. The molecule has 2 heterocycles. The van der Waals surface area contributed by atoms with Crippen molar-refractivity contribution in [2.75, 3.05) is 13.6 Å². The molecule has 2 rings (SSSR count). The van der Waals surface area contributed by atoms with E-state index >= 15 is 0 Å². The molecule has 0 spiro atoms. The Labute approximate surface area is 165 Å². The molecule has 0 radical (unpaired) electrons. The lowest BCUT2D eigenvalue weighted by atomic mass is 10.4. The largest absolute Gasteiger partial charge is 0.357 e. The van der Waals surface area contributed by atoms with Crippen molar-refractivity contribution in [1.82, 2.24) is 29.5 Å². The van der Waals surface area contributed by atoms with Crippen LogP contribution >= 0.6 is 35.6 Å². The first kappa shape index (κ1) is 20.8. The van der Waals surface area contributed by atoms with Crippen molar-refractivity contribution in [1.29, 1.82) is 0 Å². The van der Waals surface area contributed by atoms with E-state index < -0.39 is 0 Å². The molecule has 0 saturated carbocycles. The normalized spacial score (nSPS) is 11.3. The number of hydrogen-bond donors (Lipinski definition) is 1. The van der Waals surface area contributed by atoms with Gasteiger partial charge < -0.3 is 19.4 Å². The van der Waals surface area contributed by atoms with Gasteiger partial charge in [0.1, 0.15) is 12.9 Å². The van der Waals surface area contributed by atoms with Gasteiger partial charge in [-0.3, -0.25) is 0 Å². The van der Waals surface area contributed by atoms with Crippen LogP contribution in [0.3, 0.4) is 0 Å². The van der Waals surface area contributed by atoms with E-state index in [-0.39, 0.29) is 24.0 Å². The maximum atomic E-state index is 6.05. The highest BCUT2D eigenvalue weighted by molar-refractivity contribution is 14.0. The fourth-order valence-corrected chi connectivity index (χ4v) is 2.59. The van der Waals surface area contributed by atoms with Crippen molar-refractivity contribution in [2.24, 2.45) is 12.0 Å². The van der Waals surface area contributed by atoms with Crippen molar-refractivity contribution in [3.63, 3.8) is 0 Å². The highest BCUT2D eigenvalue weighted by Crippen LogP contribution is 2.14. The number of aryl methyl sites for hydroxylation is 2. The number of halogens is 2. The molecule has 0 amide bonds. The third-order valence-electron chi connectivity index (χ3n) is 3.58. The fraction of sp³-hybridized carbons (Fsp3) is 0.533. The second-order valence-electron chi connectivity index (χ2n) is 5.32. The van der Waals surface area contributed by atoms with Gasteiger partial charge >= 0.3 is 0 Å². The molecular formula is C15H25ClIN7. The Morgan fingerprint density at radius 1 is 1.42 bits per heavy atom. The van der Waals surface area contributed by atoms with Gasteiger partial charge in [0.25, 0.3) is 0 Å². The Bertz CT molecular complexity index is 665. The molecule has 2 aromatic rings. The Hall–Kier alpha value is -1.29. The van der Waals surface area contributed by atoms with Crippen molar-refractivity contribution in [3.8, 4) is 0 Å². The summed E-state index contributed by atoms with van der Waals surface area (Å²) in [5.41, 5.74) is 1.12. The topological polar surface area (TPSA) is 63.3 Å². The molecule has 0 aliphatic heterocycles. The van der Waals surface area contributed by atoms with E-state index in [4.69, 9.17) is 11.6 Å². The molecule has 0 saturated heterocycles. The van der Waals surface area contributed by atoms with Crippen LogP contribution in [0.15, 0.2) is 23.6 Å². The molecule has 0 aromatic carbocycles. The van der Waals surface area contributed by atoms with E-state index in [0.717, 1.165) is 42.1 Å². The Morgan fingerprint density at radius 3 is 2.75 bits per heavy atom. The number of nitrogens with zero attached hydrogens (tertiary/aromatic N) is 6. The van der Waals surface area contributed by atoms with Gasteiger partial charge in [-0.15, -0.1) is 34.2 Å². The quantitative estimate of drug-likeness (QED) is 0.404. The second-order valence-corrected chi connectivity index (χ2v) is 5.76. The van der Waals surface area contributed by atoms with Gasteiger partial charge in [0.05, 0.1) is 11.6 Å². The van der Waals surface area contributed by atoms with Crippen LogP contribution in [-0.2, 0) is 26.7 Å². The minimum Gasteiger partial charge on any atom is -0.357 e. The van der Waals surface area contributed by atoms with E-state index in [2.05, 4.69) is 39.3 Å². The molecule has 0 aliphatic carbocycles. The van der Waals surface area contributed by atoms with E-state index in [1.54, 1.807) is 6.33 Å². The Balaban J connectivity index is 0.00000288. The van der Waals surface area contributed by atoms with Crippen molar-refractivity contribution >= 4 is 41.5 Å². The summed E-state index contributed by atoms with van der Waals surface area (Å²) in [4.78, 5) is 6.73. The summed E-state index contributed by atoms with van der Waals surface area (Å²) < 4.78 is 4.01. The van der Waals surface area contributed by atoms with Gasteiger partial charge in [-0.1, -0.05) is 11.6 Å². The predicted octanol–water partition coefficient (Wildman–Crippen LogP) is 2.51. The molecule has 0 bridgehead atoms. The summed E-state index contributed by atoms with van der Waals surface area (Å²) in [6.45, 7) is 6.97. The number of hydrogen-bond acceptors (Lipinski definition) is 3. The molecule has 9 heteroatoms. The maximum absolute atomic E-state index is 6.05. The summed E-state index contributed by atoms with van der Waals surface area (Å²) in [5, 5.41) is 12.1. The van der Waals surface area contributed by atoms with Crippen LogP contribution in [0.2, 0.25) is 5.02 Å². The lowest BCUT2D eigenvalue weighted by Gasteiger charge is -2.22. The maximum Gasteiger partial charge on any atom is 0.194 e. The molecule has 0 aliphatic rings. The molecular weight excluding hydrogens is 441 g/mol. The number of guanidine groups is 1. The summed E-state index contributed by atoms with van der Waals surface area (Å²) in [6, 6.07) is 1.97. The molecule has 1 N–H and O–H groups in total. The lowest BCUT2D eigenvalue weighted by Crippen LogP contribution is -2.38. The van der Waals surface area contributed by atoms with Gasteiger partial charge in [-0.2, -0.15) is 0 Å². The zero-order chi connectivity index (χ0) is 16.8. The summed E-state index contributed by atoms with van der Waals surface area (Å²) >= 11 is 6.05. The van der Waals surface area contributed by atoms with Crippen LogP contribution in [0, 0.1) is 0 Å². The predicted molar refractivity (Wildman–Crippen MR) is 108 cm³/mol. The number of aliphatic imine (C=N–C) groups is 1. The van der Waals surface area contributed by atoms with Gasteiger partial charge in [-0.05, 0) is 19.9 Å². The minimum absolute atomic E-state index is 0. The van der Waals surface area contributed by atoms with E-state index in [1.807, 2.05) is 35.5 Å². The van der Waals surface area contributed by atoms with Crippen LogP contribution in [0.1, 0.15) is 25.4 Å². The number of rotatable bonds is 6. The molecule has 134 valence electrons. The van der Waals surface area contributed by atoms with Crippen LogP contribution in [-0.4, -0.2) is 43.8 Å². The first-order valence-corrected chi connectivity index (χ1v) is 8.09. The van der Waals surface area contributed by atoms with Gasteiger partial charge in [0, 0.05) is 39.1 Å². The molecule has 0 atom stereocenters. The lowest BCUT2D eigenvalue weighted by molar-refractivity contribution is 0.461. The standard InChI is InChI=1S/C15H24ClN7.HI/c1-5-17-15(18-8-14-20-19-11-23(14)6-2)22(4)10-13-7-12(16)9-21(13)3;/h7,9,11H,5-6,8,10H2,1-4H3,(H,17,18);1H. The number of nitrogens with one attached hydrogen (secondary N) is 1. The molecule has 0 fully saturated rings. The summed E-state index contributed by atoms with van der Waals surface area (Å²) in [7, 11) is 4.00. The SMILES string of the molecule is CCNC(=NCc1nncn1CC)N(C)Cc1cc(Cl)cn1C.I. The highest BCUT2D eigenvalue weighted by atomic mass is 127. The average Bonchev–Trinajstić information content (AvgIpc) is 3.09. The molecule has 7 nitrogen and oxygen atoms in total. The minimum atomic E-state index is 0. The Morgan fingerprint density at radius 2 is 2.17 bits per heavy atom. The Kier molecular flexibility index (Phi) is 8.54. The smallest absolute Gasteiger partial charge is 0.194 e. The average molecular weight is 466 g/mol. The zero-order valence-corrected chi connectivity index (χ0v) is 17.6. The first-order valence-electron chi connectivity index (χ1n) is 7.72. The van der Waals surface area contributed by atoms with Crippen molar-refractivity contribution in [2.45, 2.75) is 33.5 Å². The van der Waals surface area contributed by atoms with E-state index in [1.165, 1.54) is 0 Å². The van der Waals surface area contributed by atoms with Gasteiger partial charge in [-0.25, -0.2) is 4.99 Å².